The van der Waals surface area contributed by atoms with Crippen LogP contribution in [0.1, 0.15) is 29.4 Å². The molecule has 1 amide bonds. The van der Waals surface area contributed by atoms with Crippen molar-refractivity contribution < 1.29 is 9.59 Å². The quantitative estimate of drug-likeness (QED) is 0.464. The molecule has 0 radical (unpaired) electrons. The van der Waals surface area contributed by atoms with E-state index in [1.165, 1.54) is 0 Å². The van der Waals surface area contributed by atoms with Gasteiger partial charge in [-0.05, 0) is 24.6 Å². The molecule has 166 valence electrons. The Bertz CT molecular complexity index is 1450. The molecule has 1 aliphatic heterocycles. The van der Waals surface area contributed by atoms with Crippen LogP contribution in [0.3, 0.4) is 0 Å². The third kappa shape index (κ3) is 3.15. The van der Waals surface area contributed by atoms with Crippen LogP contribution in [0.15, 0.2) is 42.6 Å². The Morgan fingerprint density at radius 1 is 1.03 bits per heavy atom. The molecular weight excluding hydrogens is 414 g/mol. The highest BCUT2D eigenvalue weighted by Crippen LogP contribution is 2.36. The Balaban J connectivity index is 1.36. The van der Waals surface area contributed by atoms with Crippen molar-refractivity contribution in [2.75, 3.05) is 36.8 Å². The van der Waals surface area contributed by atoms with Gasteiger partial charge in [0.25, 0.3) is 0 Å². The lowest BCUT2D eigenvalue weighted by Crippen LogP contribution is -2.48. The number of hydrogen-bond donors (Lipinski definition) is 2. The first kappa shape index (κ1) is 19.8. The maximum absolute atomic E-state index is 12.3. The first-order valence-electron chi connectivity index (χ1n) is 11.4. The standard InChI is InChI=1S/C26H25N5O2/c1-15(32)30-8-10-31(11-9-30)23-6-3-16(12-20(23)27)22-13-19-17(14-28-22)2-4-18-25-21(29-26(18)19)5-7-24(25)33/h2-4,6,12-14,29H,5,7-11,27H2,1H3. The summed E-state index contributed by atoms with van der Waals surface area (Å²) in [5.41, 5.74) is 12.8. The molecule has 0 spiro atoms. The van der Waals surface area contributed by atoms with Crippen molar-refractivity contribution in [2.24, 2.45) is 0 Å². The molecule has 0 saturated carbocycles. The third-order valence-electron chi connectivity index (χ3n) is 7.02. The molecule has 7 nitrogen and oxygen atoms in total. The lowest BCUT2D eigenvalue weighted by Gasteiger charge is -2.36. The number of carbonyl (C=O) groups is 2. The van der Waals surface area contributed by atoms with E-state index in [0.29, 0.717) is 25.2 Å². The Morgan fingerprint density at radius 2 is 1.85 bits per heavy atom. The van der Waals surface area contributed by atoms with E-state index in [1.54, 1.807) is 6.92 Å². The van der Waals surface area contributed by atoms with Gasteiger partial charge < -0.3 is 20.5 Å². The van der Waals surface area contributed by atoms with Crippen molar-refractivity contribution in [3.63, 3.8) is 0 Å². The van der Waals surface area contributed by atoms with Gasteiger partial charge in [0.05, 0.1) is 22.6 Å². The van der Waals surface area contributed by atoms with Crippen LogP contribution < -0.4 is 10.6 Å². The number of aromatic amines is 1. The normalized spacial score (nSPS) is 16.1. The third-order valence-corrected chi connectivity index (χ3v) is 7.02. The van der Waals surface area contributed by atoms with Gasteiger partial charge >= 0.3 is 0 Å². The number of carbonyl (C=O) groups excluding carboxylic acids is 2. The molecule has 0 bridgehead atoms. The first-order valence-corrected chi connectivity index (χ1v) is 11.4. The smallest absolute Gasteiger partial charge is 0.219 e. The van der Waals surface area contributed by atoms with E-state index in [9.17, 15) is 9.59 Å². The van der Waals surface area contributed by atoms with Gasteiger partial charge in [0.2, 0.25) is 5.91 Å². The molecule has 1 fully saturated rings. The van der Waals surface area contributed by atoms with E-state index >= 15 is 0 Å². The summed E-state index contributed by atoms with van der Waals surface area (Å²) in [6, 6.07) is 12.2. The molecule has 3 heterocycles. The van der Waals surface area contributed by atoms with Gasteiger partial charge in [-0.25, -0.2) is 0 Å². The number of ketones is 1. The van der Waals surface area contributed by atoms with Crippen molar-refractivity contribution >= 4 is 44.7 Å². The highest BCUT2D eigenvalue weighted by Gasteiger charge is 2.25. The number of nitrogens with one attached hydrogen (secondary N) is 1. The number of nitrogens with two attached hydrogens (primary N) is 1. The molecule has 7 heteroatoms. The second kappa shape index (κ2) is 7.33. The summed E-state index contributed by atoms with van der Waals surface area (Å²) in [6.07, 6.45) is 3.25. The van der Waals surface area contributed by atoms with E-state index in [2.05, 4.69) is 27.0 Å². The number of pyridine rings is 1. The summed E-state index contributed by atoms with van der Waals surface area (Å²) in [5, 5.41) is 3.09. The maximum atomic E-state index is 12.3. The van der Waals surface area contributed by atoms with Crippen LogP contribution in [0.5, 0.6) is 0 Å². The number of Topliss-reactive ketones (excluding diaryl/α,β-unsaturated/α-hetero) is 1. The number of nitrogen functional groups attached to an aromatic ring is 1. The van der Waals surface area contributed by atoms with E-state index in [1.807, 2.05) is 35.4 Å². The van der Waals surface area contributed by atoms with Gasteiger partial charge in [-0.2, -0.15) is 0 Å². The van der Waals surface area contributed by atoms with Crippen LogP contribution in [0, 0.1) is 0 Å². The largest absolute Gasteiger partial charge is 0.397 e. The number of amides is 1. The second-order valence-corrected chi connectivity index (χ2v) is 8.95. The molecule has 4 aromatic rings. The fraction of sp³-hybridized carbons (Fsp3) is 0.269. The fourth-order valence-corrected chi connectivity index (χ4v) is 5.23. The maximum Gasteiger partial charge on any atom is 0.219 e. The van der Waals surface area contributed by atoms with Gasteiger partial charge in [0, 0.05) is 78.7 Å². The highest BCUT2D eigenvalue weighted by molar-refractivity contribution is 6.17. The van der Waals surface area contributed by atoms with Crippen molar-refractivity contribution in [1.82, 2.24) is 14.9 Å². The number of fused-ring (bicyclic) bond motifs is 5. The lowest BCUT2D eigenvalue weighted by molar-refractivity contribution is -0.129. The minimum absolute atomic E-state index is 0.117. The first-order chi connectivity index (χ1) is 16.0. The van der Waals surface area contributed by atoms with E-state index in [-0.39, 0.29) is 11.7 Å². The molecule has 2 aliphatic rings. The minimum atomic E-state index is 0.117. The van der Waals surface area contributed by atoms with E-state index < -0.39 is 0 Å². The Kier molecular flexibility index (Phi) is 4.40. The predicted molar refractivity (Wildman–Crippen MR) is 131 cm³/mol. The number of nitrogens with zero attached hydrogens (tertiary/aromatic N) is 3. The van der Waals surface area contributed by atoms with E-state index in [0.717, 1.165) is 69.4 Å². The van der Waals surface area contributed by atoms with Crippen LogP contribution >= 0.6 is 0 Å². The number of hydrogen-bond acceptors (Lipinski definition) is 5. The SMILES string of the molecule is CC(=O)N1CCN(c2ccc(-c3cc4c(ccc5c6c([nH]c54)CCC6=O)cn3)cc2N)CC1. The number of aryl methyl sites for hydroxylation is 1. The van der Waals surface area contributed by atoms with Crippen LogP contribution in [0.4, 0.5) is 11.4 Å². The highest BCUT2D eigenvalue weighted by atomic mass is 16.2. The summed E-state index contributed by atoms with van der Waals surface area (Å²) in [7, 11) is 0. The zero-order valence-corrected chi connectivity index (χ0v) is 18.5. The van der Waals surface area contributed by atoms with Crippen molar-refractivity contribution in [1.29, 1.82) is 0 Å². The molecule has 33 heavy (non-hydrogen) atoms. The monoisotopic (exact) mass is 439 g/mol. The number of anilines is 2. The Hall–Kier alpha value is -3.87. The molecule has 1 aliphatic carbocycles. The van der Waals surface area contributed by atoms with Gasteiger partial charge in [-0.15, -0.1) is 0 Å². The average Bonchev–Trinajstić information content (AvgIpc) is 3.38. The number of rotatable bonds is 2. The van der Waals surface area contributed by atoms with Crippen LogP contribution in [0.25, 0.3) is 32.9 Å². The summed E-state index contributed by atoms with van der Waals surface area (Å²) < 4.78 is 0. The summed E-state index contributed by atoms with van der Waals surface area (Å²) in [6.45, 7) is 4.57. The lowest BCUT2D eigenvalue weighted by atomic mass is 10.0. The van der Waals surface area contributed by atoms with Gasteiger partial charge in [-0.1, -0.05) is 18.2 Å². The van der Waals surface area contributed by atoms with Crippen molar-refractivity contribution in [3.05, 3.63) is 53.9 Å². The van der Waals surface area contributed by atoms with Crippen molar-refractivity contribution in [2.45, 2.75) is 19.8 Å². The van der Waals surface area contributed by atoms with Gasteiger partial charge in [0.15, 0.2) is 5.78 Å². The van der Waals surface area contributed by atoms with Crippen LogP contribution in [0.2, 0.25) is 0 Å². The summed E-state index contributed by atoms with van der Waals surface area (Å²) in [5.74, 6) is 0.337. The molecule has 1 saturated heterocycles. The Morgan fingerprint density at radius 3 is 2.61 bits per heavy atom. The number of H-pyrrole nitrogens is 1. The predicted octanol–water partition coefficient (Wildman–Crippen LogP) is 3.76. The number of aromatic nitrogens is 2. The van der Waals surface area contributed by atoms with Gasteiger partial charge in [-0.3, -0.25) is 14.6 Å². The average molecular weight is 440 g/mol. The fourth-order valence-electron chi connectivity index (χ4n) is 5.23. The van der Waals surface area contributed by atoms with Crippen molar-refractivity contribution in [3.8, 4) is 11.3 Å². The minimum Gasteiger partial charge on any atom is -0.397 e. The topological polar surface area (TPSA) is 95.3 Å². The summed E-state index contributed by atoms with van der Waals surface area (Å²) in [4.78, 5) is 36.2. The zero-order chi connectivity index (χ0) is 22.7. The molecule has 6 rings (SSSR count). The number of piperazine rings is 1. The van der Waals surface area contributed by atoms with Gasteiger partial charge in [0.1, 0.15) is 0 Å². The molecule has 2 aromatic carbocycles. The Labute approximate surface area is 191 Å². The molecule has 2 aromatic heterocycles. The van der Waals surface area contributed by atoms with Crippen LogP contribution in [-0.2, 0) is 11.2 Å². The molecule has 0 unspecified atom stereocenters. The molecule has 0 atom stereocenters. The number of benzene rings is 2. The summed E-state index contributed by atoms with van der Waals surface area (Å²) >= 11 is 0. The molecule has 3 N–H and O–H groups in total. The molecular formula is C26H25N5O2. The van der Waals surface area contributed by atoms with E-state index in [4.69, 9.17) is 5.73 Å². The second-order valence-electron chi connectivity index (χ2n) is 8.95. The van der Waals surface area contributed by atoms with Crippen LogP contribution in [-0.4, -0.2) is 52.7 Å². The zero-order valence-electron chi connectivity index (χ0n) is 18.5.